The molecule has 0 amide bonds. The van der Waals surface area contributed by atoms with Crippen molar-refractivity contribution in [1.82, 2.24) is 5.32 Å². The van der Waals surface area contributed by atoms with Crippen LogP contribution in [0.3, 0.4) is 0 Å². The second-order valence-corrected chi connectivity index (χ2v) is 7.13. The Balaban J connectivity index is 1.35. The molecule has 3 atom stereocenters. The summed E-state index contributed by atoms with van der Waals surface area (Å²) < 4.78 is 11.0. The van der Waals surface area contributed by atoms with Crippen LogP contribution in [0.2, 0.25) is 0 Å². The van der Waals surface area contributed by atoms with E-state index in [2.05, 4.69) is 39.9 Å². The smallest absolute Gasteiger partial charge is 0.195 e. The Kier molecular flexibility index (Phi) is 4.92. The molecule has 2 N–H and O–H groups in total. The molecule has 1 saturated carbocycles. The first kappa shape index (κ1) is 17.7. The van der Waals surface area contributed by atoms with Gasteiger partial charge in [-0.2, -0.15) is 0 Å². The molecular weight excluding hydrogens is 338 g/mol. The largest absolute Gasteiger partial charge is 0.493 e. The number of hydrogen-bond acceptors (Lipinski definition) is 3. The molecule has 0 spiro atoms. The molecule has 0 heterocycles. The summed E-state index contributed by atoms with van der Waals surface area (Å²) in [6, 6.07) is 14.7. The number of ether oxygens (including phenoxy) is 2. The second kappa shape index (κ2) is 7.51. The van der Waals surface area contributed by atoms with Crippen LogP contribution in [0.25, 0.3) is 0 Å². The van der Waals surface area contributed by atoms with Gasteiger partial charge < -0.3 is 20.1 Å². The maximum absolute atomic E-state index is 5.57. The van der Waals surface area contributed by atoms with Crippen LogP contribution in [0.1, 0.15) is 24.0 Å². The number of benzene rings is 2. The van der Waals surface area contributed by atoms with Crippen LogP contribution in [0.4, 0.5) is 5.69 Å². The zero-order valence-electron chi connectivity index (χ0n) is 16.2. The first-order chi connectivity index (χ1) is 13.2. The van der Waals surface area contributed by atoms with Gasteiger partial charge in [-0.05, 0) is 54.4 Å². The molecule has 3 unspecified atom stereocenters. The zero-order valence-corrected chi connectivity index (χ0v) is 16.2. The van der Waals surface area contributed by atoms with Crippen LogP contribution in [0.5, 0.6) is 11.5 Å². The molecule has 2 aliphatic rings. The van der Waals surface area contributed by atoms with Gasteiger partial charge in [0.15, 0.2) is 17.5 Å². The van der Waals surface area contributed by atoms with Gasteiger partial charge in [0.05, 0.1) is 13.7 Å². The van der Waals surface area contributed by atoms with Gasteiger partial charge in [-0.25, -0.2) is 0 Å². The maximum atomic E-state index is 5.57. The molecule has 27 heavy (non-hydrogen) atoms. The topological polar surface area (TPSA) is 54.9 Å². The molecular formula is C22H27N3O2. The van der Waals surface area contributed by atoms with Crippen molar-refractivity contribution in [2.45, 2.75) is 19.3 Å². The molecule has 5 nitrogen and oxygen atoms in total. The standard InChI is InChI=1S/C22H27N3O2/c1-4-27-19-10-9-15(12-20(19)26-3)25-22(23-2)24-13-18-17-11-14-7-5-6-8-16(14)21(17)18/h5-10,12,17-18,21H,4,11,13H2,1-3H3,(H2,23,24,25). The highest BCUT2D eigenvalue weighted by Crippen LogP contribution is 2.60. The number of aliphatic imine (C=N–C) groups is 1. The van der Waals surface area contributed by atoms with Crippen molar-refractivity contribution < 1.29 is 9.47 Å². The first-order valence-electron chi connectivity index (χ1n) is 9.61. The third-order valence-electron chi connectivity index (χ3n) is 5.66. The average molecular weight is 365 g/mol. The predicted molar refractivity (Wildman–Crippen MR) is 109 cm³/mol. The minimum atomic E-state index is 0.610. The Hall–Kier alpha value is -2.69. The molecule has 2 aromatic rings. The van der Waals surface area contributed by atoms with Crippen molar-refractivity contribution >= 4 is 11.6 Å². The van der Waals surface area contributed by atoms with Gasteiger partial charge in [-0.15, -0.1) is 0 Å². The fourth-order valence-corrected chi connectivity index (χ4v) is 4.31. The summed E-state index contributed by atoms with van der Waals surface area (Å²) in [7, 11) is 3.45. The van der Waals surface area contributed by atoms with Gasteiger partial charge in [0.2, 0.25) is 0 Å². The summed E-state index contributed by atoms with van der Waals surface area (Å²) in [5.74, 6) is 4.45. The van der Waals surface area contributed by atoms with Crippen LogP contribution < -0.4 is 20.1 Å². The average Bonchev–Trinajstić information content (AvgIpc) is 3.23. The van der Waals surface area contributed by atoms with E-state index in [-0.39, 0.29) is 0 Å². The highest BCUT2D eigenvalue weighted by Gasteiger charge is 2.54. The summed E-state index contributed by atoms with van der Waals surface area (Å²) in [5.41, 5.74) is 4.01. The van der Waals surface area contributed by atoms with Gasteiger partial charge in [0.1, 0.15) is 0 Å². The lowest BCUT2D eigenvalue weighted by molar-refractivity contribution is 0.311. The lowest BCUT2D eigenvalue weighted by Crippen LogP contribution is -2.33. The summed E-state index contributed by atoms with van der Waals surface area (Å²) in [5, 5.41) is 6.83. The molecule has 1 fully saturated rings. The normalized spacial score (nSPS) is 22.6. The Labute approximate surface area is 160 Å². The number of nitrogens with zero attached hydrogens (tertiary/aromatic N) is 1. The van der Waals surface area contributed by atoms with E-state index in [9.17, 15) is 0 Å². The highest BCUT2D eigenvalue weighted by molar-refractivity contribution is 5.93. The van der Waals surface area contributed by atoms with E-state index in [1.165, 1.54) is 12.0 Å². The van der Waals surface area contributed by atoms with Crippen molar-refractivity contribution in [3.05, 3.63) is 53.6 Å². The van der Waals surface area contributed by atoms with Gasteiger partial charge in [-0.1, -0.05) is 24.3 Å². The van der Waals surface area contributed by atoms with Crippen molar-refractivity contribution in [1.29, 1.82) is 0 Å². The number of hydrogen-bond donors (Lipinski definition) is 2. The third kappa shape index (κ3) is 3.46. The van der Waals surface area contributed by atoms with Gasteiger partial charge in [0, 0.05) is 25.3 Å². The highest BCUT2D eigenvalue weighted by atomic mass is 16.5. The minimum absolute atomic E-state index is 0.610. The first-order valence-corrected chi connectivity index (χ1v) is 9.61. The predicted octanol–water partition coefficient (Wildman–Crippen LogP) is 3.67. The Morgan fingerprint density at radius 3 is 2.81 bits per heavy atom. The molecule has 2 aromatic carbocycles. The van der Waals surface area contributed by atoms with E-state index in [0.29, 0.717) is 18.3 Å². The summed E-state index contributed by atoms with van der Waals surface area (Å²) in [4.78, 5) is 4.36. The number of anilines is 1. The minimum Gasteiger partial charge on any atom is -0.493 e. The van der Waals surface area contributed by atoms with E-state index in [1.807, 2.05) is 25.1 Å². The quantitative estimate of drug-likeness (QED) is 0.606. The van der Waals surface area contributed by atoms with E-state index in [4.69, 9.17) is 9.47 Å². The molecule has 5 heteroatoms. The van der Waals surface area contributed by atoms with E-state index >= 15 is 0 Å². The lowest BCUT2D eigenvalue weighted by Gasteiger charge is -2.15. The summed E-state index contributed by atoms with van der Waals surface area (Å²) in [6.07, 6.45) is 1.22. The molecule has 0 radical (unpaired) electrons. The van der Waals surface area contributed by atoms with Crippen LogP contribution >= 0.6 is 0 Å². The lowest BCUT2D eigenvalue weighted by atomic mass is 10.0. The fourth-order valence-electron chi connectivity index (χ4n) is 4.31. The molecule has 0 saturated heterocycles. The molecule has 0 aliphatic heterocycles. The Morgan fingerprint density at radius 1 is 1.19 bits per heavy atom. The van der Waals surface area contributed by atoms with Crippen molar-refractivity contribution in [2.75, 3.05) is 32.6 Å². The van der Waals surface area contributed by atoms with Gasteiger partial charge in [-0.3, -0.25) is 4.99 Å². The molecule has 2 aliphatic carbocycles. The number of guanidine groups is 1. The van der Waals surface area contributed by atoms with Crippen molar-refractivity contribution in [2.24, 2.45) is 16.8 Å². The molecule has 142 valence electrons. The van der Waals surface area contributed by atoms with E-state index in [0.717, 1.165) is 35.8 Å². The van der Waals surface area contributed by atoms with Crippen LogP contribution in [0.15, 0.2) is 47.5 Å². The van der Waals surface area contributed by atoms with E-state index in [1.54, 1.807) is 19.7 Å². The summed E-state index contributed by atoms with van der Waals surface area (Å²) >= 11 is 0. The Bertz CT molecular complexity index is 849. The second-order valence-electron chi connectivity index (χ2n) is 7.13. The number of nitrogens with one attached hydrogen (secondary N) is 2. The molecule has 0 aromatic heterocycles. The van der Waals surface area contributed by atoms with Gasteiger partial charge >= 0.3 is 0 Å². The van der Waals surface area contributed by atoms with Crippen LogP contribution in [0, 0.1) is 11.8 Å². The molecule has 0 bridgehead atoms. The SMILES string of the molecule is CCOc1ccc(NC(=NC)NCC2C3Cc4ccccc4C23)cc1OC. The number of fused-ring (bicyclic) bond motifs is 3. The zero-order chi connectivity index (χ0) is 18.8. The number of methoxy groups -OCH3 is 1. The van der Waals surface area contributed by atoms with E-state index < -0.39 is 0 Å². The van der Waals surface area contributed by atoms with Crippen molar-refractivity contribution in [3.8, 4) is 11.5 Å². The monoisotopic (exact) mass is 365 g/mol. The summed E-state index contributed by atoms with van der Waals surface area (Å²) in [6.45, 7) is 3.51. The van der Waals surface area contributed by atoms with Gasteiger partial charge in [0.25, 0.3) is 0 Å². The van der Waals surface area contributed by atoms with Crippen LogP contribution in [-0.2, 0) is 6.42 Å². The van der Waals surface area contributed by atoms with Crippen LogP contribution in [-0.4, -0.2) is 33.3 Å². The van der Waals surface area contributed by atoms with Crippen molar-refractivity contribution in [3.63, 3.8) is 0 Å². The third-order valence-corrected chi connectivity index (χ3v) is 5.66. The maximum Gasteiger partial charge on any atom is 0.195 e. The Morgan fingerprint density at radius 2 is 2.04 bits per heavy atom. The number of rotatable bonds is 6. The fraction of sp³-hybridized carbons (Fsp3) is 0.409. The molecule has 4 rings (SSSR count).